The maximum Gasteiger partial charge on any atom is 0.164 e. The van der Waals surface area contributed by atoms with Crippen LogP contribution in [-0.2, 0) is 30.3 Å². The number of ketones is 1. The van der Waals surface area contributed by atoms with Crippen LogP contribution >= 0.6 is 0 Å². The normalized spacial score (nSPS) is 12.7. The molecule has 4 aromatic carbocycles. The van der Waals surface area contributed by atoms with E-state index in [-0.39, 0.29) is 47.9 Å². The number of aliphatic hydroxyl groups excluding tert-OH is 1. The standard InChI is InChI=1S/C38H38NO.C15H28O2.Ir/c1-22(2)29-17-24(5)18-30(23(3)4)35(29)34-21-31-36(39-33-16-12-11-15-28(33)37(31)40-34)26-19-25-13-9-10-14-27(25)32(20-26)38(6,7)8;1-7-14(5,8-2)12(16)11-13(17)15(6,9-3)10-4;/h9-18,20-23H,1-8H3;11,16H,7-10H2,1-6H3;/q-1;;/b;12-11-;. The first kappa shape index (κ1) is 46.6. The summed E-state index contributed by atoms with van der Waals surface area (Å²) in [5.41, 5.74) is 9.58. The first-order valence-electron chi connectivity index (χ1n) is 21.2. The van der Waals surface area contributed by atoms with E-state index in [0.29, 0.717) is 11.8 Å². The van der Waals surface area contributed by atoms with Gasteiger partial charge in [-0.15, -0.1) is 29.1 Å². The average molecular weight is 957 g/mol. The molecule has 6 rings (SSSR count). The molecule has 0 atom stereocenters. The molecule has 0 aliphatic carbocycles. The second-order valence-corrected chi connectivity index (χ2v) is 18.3. The molecule has 4 nitrogen and oxygen atoms in total. The second kappa shape index (κ2) is 18.5. The number of pyridine rings is 1. The van der Waals surface area contributed by atoms with Gasteiger partial charge in [0.05, 0.1) is 5.52 Å². The summed E-state index contributed by atoms with van der Waals surface area (Å²) >= 11 is 0. The fourth-order valence-corrected chi connectivity index (χ4v) is 7.74. The quantitative estimate of drug-likeness (QED) is 0.0798. The molecule has 0 saturated heterocycles. The summed E-state index contributed by atoms with van der Waals surface area (Å²) in [5, 5.41) is 14.6. The zero-order valence-corrected chi connectivity index (χ0v) is 39.9. The molecule has 6 aromatic rings. The van der Waals surface area contributed by atoms with Gasteiger partial charge in [-0.25, -0.2) is 0 Å². The fourth-order valence-electron chi connectivity index (χ4n) is 7.74. The molecule has 0 aliphatic rings. The van der Waals surface area contributed by atoms with Gasteiger partial charge in [-0.3, -0.25) is 9.78 Å². The molecule has 311 valence electrons. The molecule has 0 spiro atoms. The SMILES string of the molecule is CCC(C)(CC)C(=O)/C=C(\O)C(C)(CC)CC.Cc1cc(C(C)C)c(-c2cc3c(-c4[c-]c5ccccc5c(C(C)(C)C)c4)nc4ccccc4c3o2)c(C(C)C)c1.[Ir]. The summed E-state index contributed by atoms with van der Waals surface area (Å²) in [7, 11) is 0. The van der Waals surface area contributed by atoms with Crippen molar-refractivity contribution >= 4 is 38.4 Å². The van der Waals surface area contributed by atoms with Gasteiger partial charge in [0.15, 0.2) is 5.78 Å². The molecule has 2 heterocycles. The van der Waals surface area contributed by atoms with E-state index in [4.69, 9.17) is 9.40 Å². The fraction of sp³-hybridized carbons (Fsp3) is 0.434. The summed E-state index contributed by atoms with van der Waals surface area (Å²) in [5.74, 6) is 1.95. The predicted molar refractivity (Wildman–Crippen MR) is 243 cm³/mol. The van der Waals surface area contributed by atoms with Crippen molar-refractivity contribution in [2.75, 3.05) is 0 Å². The van der Waals surface area contributed by atoms with Crippen LogP contribution in [0.2, 0.25) is 0 Å². The van der Waals surface area contributed by atoms with Gasteiger partial charge in [-0.1, -0.05) is 149 Å². The largest absolute Gasteiger partial charge is 0.512 e. The van der Waals surface area contributed by atoms with Crippen LogP contribution in [0.4, 0.5) is 0 Å². The summed E-state index contributed by atoms with van der Waals surface area (Å²) in [6.45, 7) is 30.2. The van der Waals surface area contributed by atoms with E-state index in [1.165, 1.54) is 39.3 Å². The van der Waals surface area contributed by atoms with Crippen molar-refractivity contribution in [1.29, 1.82) is 0 Å². The number of fused-ring (bicyclic) bond motifs is 4. The van der Waals surface area contributed by atoms with E-state index in [9.17, 15) is 9.90 Å². The van der Waals surface area contributed by atoms with E-state index in [2.05, 4.69) is 128 Å². The number of nitrogens with zero attached hydrogens (tertiary/aromatic N) is 1. The Labute approximate surface area is 362 Å². The zero-order valence-electron chi connectivity index (χ0n) is 37.5. The monoisotopic (exact) mass is 957 g/mol. The smallest absolute Gasteiger partial charge is 0.164 e. The van der Waals surface area contributed by atoms with Crippen molar-refractivity contribution in [3.05, 3.63) is 113 Å². The maximum absolute atomic E-state index is 12.2. The van der Waals surface area contributed by atoms with Crippen LogP contribution in [0, 0.1) is 23.8 Å². The van der Waals surface area contributed by atoms with Crippen molar-refractivity contribution < 1.29 is 34.4 Å². The van der Waals surface area contributed by atoms with Crippen LogP contribution in [0.1, 0.15) is 150 Å². The molecule has 58 heavy (non-hydrogen) atoms. The first-order valence-corrected chi connectivity index (χ1v) is 21.2. The number of rotatable bonds is 11. The van der Waals surface area contributed by atoms with E-state index in [1.54, 1.807) is 0 Å². The molecule has 0 fully saturated rings. The molecule has 1 radical (unpaired) electrons. The minimum absolute atomic E-state index is 0. The molecule has 2 aromatic heterocycles. The predicted octanol–water partition coefficient (Wildman–Crippen LogP) is 15.8. The zero-order chi connectivity index (χ0) is 42.0. The number of allylic oxidation sites excluding steroid dienone is 2. The van der Waals surface area contributed by atoms with Crippen LogP contribution in [0.5, 0.6) is 0 Å². The minimum Gasteiger partial charge on any atom is -0.512 e. The Morgan fingerprint density at radius 2 is 1.29 bits per heavy atom. The second-order valence-electron chi connectivity index (χ2n) is 18.3. The summed E-state index contributed by atoms with van der Waals surface area (Å²) in [6, 6.07) is 29.8. The molecule has 0 amide bonds. The molecular formula is C53H66IrNO3-. The number of hydrogen-bond donors (Lipinski definition) is 1. The van der Waals surface area contributed by atoms with Gasteiger partial charge in [0.1, 0.15) is 17.1 Å². The number of carbonyl (C=O) groups excluding carboxylic acids is 1. The molecule has 5 heteroatoms. The minimum atomic E-state index is -0.337. The van der Waals surface area contributed by atoms with Crippen molar-refractivity contribution in [2.24, 2.45) is 10.8 Å². The number of para-hydroxylation sites is 1. The third-order valence-corrected chi connectivity index (χ3v) is 12.6. The Bertz CT molecular complexity index is 2390. The molecule has 0 unspecified atom stereocenters. The number of carbonyl (C=O) groups is 1. The molecular weight excluding hydrogens is 891 g/mol. The van der Waals surface area contributed by atoms with Crippen LogP contribution in [0.3, 0.4) is 0 Å². The van der Waals surface area contributed by atoms with Crippen molar-refractivity contribution in [3.8, 4) is 22.6 Å². The van der Waals surface area contributed by atoms with E-state index in [0.717, 1.165) is 70.0 Å². The average Bonchev–Trinajstić information content (AvgIpc) is 3.64. The van der Waals surface area contributed by atoms with Gasteiger partial charge in [-0.05, 0) is 79.2 Å². The van der Waals surface area contributed by atoms with Gasteiger partial charge in [0.25, 0.3) is 0 Å². The Morgan fingerprint density at radius 3 is 1.83 bits per heavy atom. The Morgan fingerprint density at radius 1 is 0.759 bits per heavy atom. The van der Waals surface area contributed by atoms with Crippen molar-refractivity contribution in [2.45, 2.75) is 140 Å². The number of aromatic nitrogens is 1. The van der Waals surface area contributed by atoms with Crippen molar-refractivity contribution in [1.82, 2.24) is 4.98 Å². The first-order chi connectivity index (χ1) is 26.8. The van der Waals surface area contributed by atoms with Crippen LogP contribution in [0.25, 0.3) is 55.2 Å². The number of furan rings is 1. The summed E-state index contributed by atoms with van der Waals surface area (Å²) < 4.78 is 6.88. The van der Waals surface area contributed by atoms with Crippen LogP contribution < -0.4 is 0 Å². The Hall–Kier alpha value is -4.05. The third-order valence-electron chi connectivity index (χ3n) is 12.6. The summed E-state index contributed by atoms with van der Waals surface area (Å²) in [4.78, 5) is 17.4. The number of benzene rings is 4. The Balaban J connectivity index is 0.000000353. The van der Waals surface area contributed by atoms with Gasteiger partial charge in [0.2, 0.25) is 0 Å². The third kappa shape index (κ3) is 9.37. The van der Waals surface area contributed by atoms with Crippen LogP contribution in [0.15, 0.2) is 89.0 Å². The van der Waals surface area contributed by atoms with E-state index in [1.807, 2.05) is 47.6 Å². The summed E-state index contributed by atoms with van der Waals surface area (Å²) in [6.07, 6.45) is 4.75. The molecule has 0 saturated carbocycles. The van der Waals surface area contributed by atoms with E-state index >= 15 is 0 Å². The molecule has 0 aliphatic heterocycles. The van der Waals surface area contributed by atoms with Crippen molar-refractivity contribution in [3.63, 3.8) is 0 Å². The topological polar surface area (TPSA) is 63.3 Å². The number of aliphatic hydroxyl groups is 1. The molecule has 0 bridgehead atoms. The van der Waals surface area contributed by atoms with Gasteiger partial charge in [0, 0.05) is 59.0 Å². The Kier molecular flexibility index (Phi) is 14.9. The maximum atomic E-state index is 12.2. The van der Waals surface area contributed by atoms with Gasteiger partial charge < -0.3 is 9.52 Å². The van der Waals surface area contributed by atoms with Gasteiger partial charge >= 0.3 is 0 Å². The van der Waals surface area contributed by atoms with Gasteiger partial charge in [-0.2, -0.15) is 0 Å². The van der Waals surface area contributed by atoms with Crippen LogP contribution in [-0.4, -0.2) is 15.9 Å². The number of aryl methyl sites for hydroxylation is 1. The number of hydrogen-bond acceptors (Lipinski definition) is 4. The molecule has 1 N–H and O–H groups in total. The van der Waals surface area contributed by atoms with E-state index < -0.39 is 0 Å².